The van der Waals surface area contributed by atoms with E-state index in [4.69, 9.17) is 14.2 Å². The quantitative estimate of drug-likeness (QED) is 0.481. The normalized spacial score (nSPS) is 20.4. The molecule has 2 N–H and O–H groups in total. The summed E-state index contributed by atoms with van der Waals surface area (Å²) in [6.45, 7) is 7.07. The first kappa shape index (κ1) is 24.5. The summed E-state index contributed by atoms with van der Waals surface area (Å²) in [4.78, 5) is 3.31. The Hall–Kier alpha value is -2.59. The van der Waals surface area contributed by atoms with Crippen LogP contribution in [0.2, 0.25) is 0 Å². The fourth-order valence-corrected chi connectivity index (χ4v) is 5.94. The van der Waals surface area contributed by atoms with Gasteiger partial charge in [0.15, 0.2) is 11.5 Å². The molecule has 0 radical (unpaired) electrons. The third-order valence-corrected chi connectivity index (χ3v) is 7.59. The highest BCUT2D eigenvalue weighted by Crippen LogP contribution is 2.36. The molecule has 0 amide bonds. The van der Waals surface area contributed by atoms with Gasteiger partial charge in [0.05, 0.1) is 25.9 Å². The Balaban J connectivity index is 1.68. The van der Waals surface area contributed by atoms with Crippen LogP contribution in [0.5, 0.6) is 11.5 Å². The fraction of sp³-hybridized carbons (Fsp3) is 0.440. The molecule has 0 saturated carbocycles. The van der Waals surface area contributed by atoms with Crippen molar-refractivity contribution >= 4 is 21.1 Å². The van der Waals surface area contributed by atoms with Crippen LogP contribution in [-0.2, 0) is 14.9 Å². The van der Waals surface area contributed by atoms with Gasteiger partial charge in [-0.1, -0.05) is 24.3 Å². The molecule has 1 aliphatic heterocycles. The number of methoxy groups -OCH3 is 1. The molecule has 34 heavy (non-hydrogen) atoms. The minimum Gasteiger partial charge on any atom is -0.493 e. The number of aromatic amines is 1. The monoisotopic (exact) mass is 487 g/mol. The van der Waals surface area contributed by atoms with Crippen LogP contribution in [-0.4, -0.2) is 63.3 Å². The second-order valence-electron chi connectivity index (χ2n) is 8.61. The lowest BCUT2D eigenvalue weighted by Crippen LogP contribution is -2.52. The second-order valence-corrected chi connectivity index (χ2v) is 10.4. The van der Waals surface area contributed by atoms with E-state index >= 15 is 0 Å². The topological polar surface area (TPSA) is 92.9 Å². The van der Waals surface area contributed by atoms with Crippen molar-refractivity contribution < 1.29 is 22.6 Å². The Kier molecular flexibility index (Phi) is 7.47. The van der Waals surface area contributed by atoms with Gasteiger partial charge in [0, 0.05) is 42.7 Å². The molecule has 0 spiro atoms. The van der Waals surface area contributed by atoms with E-state index in [0.717, 1.165) is 22.0 Å². The molecule has 8 nitrogen and oxygen atoms in total. The fourth-order valence-electron chi connectivity index (χ4n) is 4.57. The first-order valence-electron chi connectivity index (χ1n) is 11.6. The summed E-state index contributed by atoms with van der Waals surface area (Å²) in [5.74, 6) is 1.03. The summed E-state index contributed by atoms with van der Waals surface area (Å²) < 4.78 is 47.7. The van der Waals surface area contributed by atoms with Gasteiger partial charge in [0.2, 0.25) is 0 Å². The second kappa shape index (κ2) is 10.4. The van der Waals surface area contributed by atoms with Crippen LogP contribution in [0.15, 0.2) is 48.7 Å². The summed E-state index contributed by atoms with van der Waals surface area (Å²) in [7, 11) is -2.09. The predicted octanol–water partition coefficient (Wildman–Crippen LogP) is 3.65. The first-order chi connectivity index (χ1) is 16.3. The molecule has 1 aromatic heterocycles. The molecule has 0 bridgehead atoms. The third kappa shape index (κ3) is 5.22. The molecule has 3 atom stereocenters. The molecule has 2 heterocycles. The van der Waals surface area contributed by atoms with Crippen LogP contribution >= 0.6 is 0 Å². The first-order valence-corrected chi connectivity index (χ1v) is 13.0. The van der Waals surface area contributed by atoms with E-state index in [1.165, 1.54) is 4.31 Å². The number of benzene rings is 2. The smallest absolute Gasteiger partial charge is 0.279 e. The van der Waals surface area contributed by atoms with Gasteiger partial charge < -0.3 is 19.2 Å². The highest BCUT2D eigenvalue weighted by Gasteiger charge is 2.32. The van der Waals surface area contributed by atoms with Crippen LogP contribution in [0.4, 0.5) is 0 Å². The molecule has 4 rings (SSSR count). The van der Waals surface area contributed by atoms with E-state index in [-0.39, 0.29) is 24.7 Å². The summed E-state index contributed by atoms with van der Waals surface area (Å²) in [5, 5.41) is 1.05. The molecular formula is C25H33N3O5S. The van der Waals surface area contributed by atoms with Gasteiger partial charge in [0.25, 0.3) is 10.2 Å². The van der Waals surface area contributed by atoms with Crippen molar-refractivity contribution in [2.24, 2.45) is 0 Å². The lowest BCUT2D eigenvalue weighted by molar-refractivity contribution is -0.0443. The van der Waals surface area contributed by atoms with E-state index in [0.29, 0.717) is 31.2 Å². The molecule has 3 aromatic rings. The van der Waals surface area contributed by atoms with Crippen molar-refractivity contribution in [2.75, 3.05) is 33.4 Å². The van der Waals surface area contributed by atoms with Gasteiger partial charge in [-0.25, -0.2) is 4.72 Å². The maximum atomic E-state index is 13.2. The Morgan fingerprint density at radius 2 is 1.88 bits per heavy atom. The lowest BCUT2D eigenvalue weighted by Gasteiger charge is -2.34. The van der Waals surface area contributed by atoms with E-state index in [1.54, 1.807) is 7.11 Å². The van der Waals surface area contributed by atoms with Crippen LogP contribution < -0.4 is 14.2 Å². The maximum absolute atomic E-state index is 13.2. The number of fused-ring (bicyclic) bond motifs is 1. The van der Waals surface area contributed by atoms with Crippen molar-refractivity contribution in [3.8, 4) is 11.5 Å². The van der Waals surface area contributed by atoms with Gasteiger partial charge in [-0.05, 0) is 50.1 Å². The Labute approximate surface area is 201 Å². The molecule has 1 saturated heterocycles. The van der Waals surface area contributed by atoms with E-state index in [2.05, 4.69) is 9.71 Å². The molecule has 184 valence electrons. The molecule has 1 aliphatic rings. The van der Waals surface area contributed by atoms with Gasteiger partial charge >= 0.3 is 0 Å². The minimum atomic E-state index is -3.69. The van der Waals surface area contributed by atoms with Crippen molar-refractivity contribution in [2.45, 2.75) is 38.9 Å². The number of para-hydroxylation sites is 1. The summed E-state index contributed by atoms with van der Waals surface area (Å²) >= 11 is 0. The number of nitrogens with zero attached hydrogens (tertiary/aromatic N) is 1. The zero-order valence-corrected chi connectivity index (χ0v) is 20.9. The van der Waals surface area contributed by atoms with E-state index in [1.807, 2.05) is 69.4 Å². The van der Waals surface area contributed by atoms with Crippen LogP contribution in [0.1, 0.15) is 37.8 Å². The number of rotatable bonds is 9. The van der Waals surface area contributed by atoms with Crippen molar-refractivity contribution in [1.82, 2.24) is 14.0 Å². The lowest BCUT2D eigenvalue weighted by atomic mass is 9.91. The minimum absolute atomic E-state index is 0.153. The maximum Gasteiger partial charge on any atom is 0.279 e. The van der Waals surface area contributed by atoms with Gasteiger partial charge in [0.1, 0.15) is 0 Å². The average molecular weight is 488 g/mol. The standard InChI is InChI=1S/C25H33N3O5S/c1-5-32-24-11-10-19(12-25(24)31-4)21(22-13-26-23-9-7-6-8-20(22)23)14-27-34(29,30)28-15-17(2)33-18(3)16-28/h6-13,17-18,21,26-27H,5,14-16H2,1-4H3/t17-,18+,21-/m0/s1. The average Bonchev–Trinajstić information content (AvgIpc) is 3.23. The Morgan fingerprint density at radius 3 is 2.59 bits per heavy atom. The molecule has 1 fully saturated rings. The molecule has 2 aromatic carbocycles. The van der Waals surface area contributed by atoms with Crippen LogP contribution in [0, 0.1) is 0 Å². The largest absolute Gasteiger partial charge is 0.493 e. The molecule has 0 unspecified atom stereocenters. The Bertz CT molecular complexity index is 1220. The zero-order chi connectivity index (χ0) is 24.3. The van der Waals surface area contributed by atoms with Gasteiger partial charge in [-0.2, -0.15) is 12.7 Å². The number of aromatic nitrogens is 1. The van der Waals surface area contributed by atoms with E-state index < -0.39 is 10.2 Å². The number of morpholine rings is 1. The number of nitrogens with one attached hydrogen (secondary N) is 2. The highest BCUT2D eigenvalue weighted by molar-refractivity contribution is 7.87. The van der Waals surface area contributed by atoms with E-state index in [9.17, 15) is 8.42 Å². The third-order valence-electron chi connectivity index (χ3n) is 6.08. The predicted molar refractivity (Wildman–Crippen MR) is 133 cm³/mol. The van der Waals surface area contributed by atoms with Crippen LogP contribution in [0.3, 0.4) is 0 Å². The van der Waals surface area contributed by atoms with Crippen molar-refractivity contribution in [3.63, 3.8) is 0 Å². The van der Waals surface area contributed by atoms with Gasteiger partial charge in [-0.15, -0.1) is 0 Å². The highest BCUT2D eigenvalue weighted by atomic mass is 32.2. The van der Waals surface area contributed by atoms with Crippen molar-refractivity contribution in [1.29, 1.82) is 0 Å². The van der Waals surface area contributed by atoms with Crippen LogP contribution in [0.25, 0.3) is 10.9 Å². The molecule has 0 aliphatic carbocycles. The molecule has 9 heteroatoms. The number of H-pyrrole nitrogens is 1. The SMILES string of the molecule is CCOc1ccc([C@H](CNS(=O)(=O)N2C[C@@H](C)O[C@@H](C)C2)c2c[nH]c3ccccc23)cc1OC. The zero-order valence-electron chi connectivity index (χ0n) is 20.1. The van der Waals surface area contributed by atoms with Crippen molar-refractivity contribution in [3.05, 3.63) is 59.8 Å². The summed E-state index contributed by atoms with van der Waals surface area (Å²) in [5.41, 5.74) is 2.93. The summed E-state index contributed by atoms with van der Waals surface area (Å²) in [6.07, 6.45) is 1.64. The number of hydrogen-bond donors (Lipinski definition) is 2. The molecular weight excluding hydrogens is 454 g/mol. The Morgan fingerprint density at radius 1 is 1.15 bits per heavy atom. The van der Waals surface area contributed by atoms with Gasteiger partial charge in [-0.3, -0.25) is 0 Å². The number of ether oxygens (including phenoxy) is 3. The number of hydrogen-bond acceptors (Lipinski definition) is 5. The summed E-state index contributed by atoms with van der Waals surface area (Å²) in [6, 6.07) is 13.8.